The number of fused-ring (bicyclic) bond motifs is 1. The highest BCUT2D eigenvalue weighted by atomic mass is 19.1. The second-order valence-electron chi connectivity index (χ2n) is 10.4. The number of likely N-dealkylation sites (N-methyl/N-ethyl adjacent to an activating group) is 1. The number of H-pyrrole nitrogens is 1. The summed E-state index contributed by atoms with van der Waals surface area (Å²) in [5.74, 6) is -0.246. The summed E-state index contributed by atoms with van der Waals surface area (Å²) in [5.41, 5.74) is 3.43. The second kappa shape index (κ2) is 11.0. The maximum Gasteiger partial charge on any atom is 0.246 e. The molecule has 8 heteroatoms. The Hall–Kier alpha value is -3.26. The molecule has 1 aromatic carbocycles. The van der Waals surface area contributed by atoms with Crippen LogP contribution in [0, 0.1) is 11.7 Å². The quantitative estimate of drug-likeness (QED) is 0.434. The van der Waals surface area contributed by atoms with E-state index in [9.17, 15) is 14.0 Å². The number of halogens is 1. The second-order valence-corrected chi connectivity index (χ2v) is 10.4. The number of hydrogen-bond donors (Lipinski definition) is 3. The van der Waals surface area contributed by atoms with E-state index >= 15 is 0 Å². The van der Waals surface area contributed by atoms with Gasteiger partial charge in [0.05, 0.1) is 23.3 Å². The van der Waals surface area contributed by atoms with Gasteiger partial charge >= 0.3 is 0 Å². The summed E-state index contributed by atoms with van der Waals surface area (Å²) in [6.45, 7) is 2.48. The molecular formula is C29H36FN5O2. The molecule has 0 radical (unpaired) electrons. The minimum atomic E-state index is -0.509. The van der Waals surface area contributed by atoms with Crippen molar-refractivity contribution in [3.63, 3.8) is 0 Å². The fourth-order valence-electron chi connectivity index (χ4n) is 5.87. The van der Waals surface area contributed by atoms with Gasteiger partial charge in [0.2, 0.25) is 11.8 Å². The molecule has 7 nitrogen and oxygen atoms in total. The lowest BCUT2D eigenvalue weighted by molar-refractivity contribution is -0.139. The lowest BCUT2D eigenvalue weighted by Gasteiger charge is -2.35. The summed E-state index contributed by atoms with van der Waals surface area (Å²) >= 11 is 0. The van der Waals surface area contributed by atoms with Crippen molar-refractivity contribution < 1.29 is 14.0 Å². The summed E-state index contributed by atoms with van der Waals surface area (Å²) in [7, 11) is 1.75. The number of benzene rings is 1. The molecule has 2 fully saturated rings. The molecule has 5 rings (SSSR count). The van der Waals surface area contributed by atoms with E-state index in [0.29, 0.717) is 6.54 Å². The Balaban J connectivity index is 1.44. The van der Waals surface area contributed by atoms with Gasteiger partial charge in [-0.3, -0.25) is 14.6 Å². The minimum absolute atomic E-state index is 0.0154. The summed E-state index contributed by atoms with van der Waals surface area (Å²) in [6.07, 6.45) is 8.82. The van der Waals surface area contributed by atoms with Crippen molar-refractivity contribution in [3.05, 3.63) is 54.1 Å². The van der Waals surface area contributed by atoms with Crippen molar-refractivity contribution in [2.45, 2.75) is 70.0 Å². The number of carbonyl (C=O) groups is 2. The number of aromatic amines is 1. The van der Waals surface area contributed by atoms with E-state index in [1.165, 1.54) is 18.6 Å². The van der Waals surface area contributed by atoms with E-state index in [2.05, 4.69) is 26.7 Å². The molecular weight excluding hydrogens is 469 g/mol. The fourth-order valence-corrected chi connectivity index (χ4v) is 5.87. The van der Waals surface area contributed by atoms with Crippen LogP contribution in [-0.2, 0) is 9.59 Å². The molecule has 3 unspecified atom stereocenters. The Labute approximate surface area is 217 Å². The Kier molecular flexibility index (Phi) is 7.55. The summed E-state index contributed by atoms with van der Waals surface area (Å²) in [6, 6.07) is 9.41. The molecule has 1 saturated carbocycles. The molecule has 1 aliphatic heterocycles. The molecule has 1 saturated heterocycles. The van der Waals surface area contributed by atoms with Gasteiger partial charge in [-0.25, -0.2) is 4.39 Å². The average Bonchev–Trinajstić information content (AvgIpc) is 3.59. The largest absolute Gasteiger partial charge is 0.355 e. The van der Waals surface area contributed by atoms with Crippen LogP contribution < -0.4 is 10.6 Å². The standard InChI is InChI=1S/C29H36FN5O2/c1-18(31-2)28(36)34-27(19-7-4-3-5-8-19)29(37)35-16-6-9-24(35)23-17-21-14-15-32-25(26(21)33-23)20-10-12-22(30)13-11-20/h10-15,17-19,24,27,31,33H,3-9,16H2,1-2H3,(H,34,36). The van der Waals surface area contributed by atoms with Crippen LogP contribution in [0.4, 0.5) is 4.39 Å². The lowest BCUT2D eigenvalue weighted by Crippen LogP contribution is -2.55. The lowest BCUT2D eigenvalue weighted by atomic mass is 9.83. The molecule has 0 spiro atoms. The highest BCUT2D eigenvalue weighted by molar-refractivity contribution is 5.93. The van der Waals surface area contributed by atoms with Gasteiger partial charge < -0.3 is 20.5 Å². The monoisotopic (exact) mass is 505 g/mol. The average molecular weight is 506 g/mol. The maximum absolute atomic E-state index is 14.0. The topological polar surface area (TPSA) is 90.1 Å². The Morgan fingerprint density at radius 1 is 1.08 bits per heavy atom. The number of rotatable bonds is 7. The van der Waals surface area contributed by atoms with Gasteiger partial charge in [0.1, 0.15) is 11.9 Å². The number of amides is 2. The van der Waals surface area contributed by atoms with Crippen molar-refractivity contribution in [2.24, 2.45) is 5.92 Å². The van der Waals surface area contributed by atoms with E-state index in [-0.39, 0.29) is 35.6 Å². The van der Waals surface area contributed by atoms with Crippen molar-refractivity contribution >= 4 is 22.7 Å². The van der Waals surface area contributed by atoms with Crippen molar-refractivity contribution in [1.29, 1.82) is 0 Å². The first-order valence-electron chi connectivity index (χ1n) is 13.5. The number of likely N-dealkylation sites (tertiary alicyclic amines) is 1. The van der Waals surface area contributed by atoms with E-state index in [4.69, 9.17) is 0 Å². The molecule has 2 aromatic heterocycles. The van der Waals surface area contributed by atoms with Gasteiger partial charge in [-0.05, 0) is 82.0 Å². The van der Waals surface area contributed by atoms with Gasteiger partial charge in [-0.1, -0.05) is 19.3 Å². The molecule has 3 atom stereocenters. The molecule has 196 valence electrons. The molecule has 2 aliphatic rings. The SMILES string of the molecule is CNC(C)C(=O)NC(C(=O)N1CCCC1c1cc2ccnc(-c3ccc(F)cc3)c2[nH]1)C1CCCCC1. The first-order chi connectivity index (χ1) is 18.0. The number of aromatic nitrogens is 2. The van der Waals surface area contributed by atoms with Crippen LogP contribution in [-0.4, -0.2) is 52.4 Å². The third-order valence-corrected chi connectivity index (χ3v) is 8.09. The van der Waals surface area contributed by atoms with Crippen molar-refractivity contribution in [2.75, 3.05) is 13.6 Å². The third-order valence-electron chi connectivity index (χ3n) is 8.09. The smallest absolute Gasteiger partial charge is 0.246 e. The van der Waals surface area contributed by atoms with Gasteiger partial charge in [-0.2, -0.15) is 0 Å². The Morgan fingerprint density at radius 3 is 2.57 bits per heavy atom. The third kappa shape index (κ3) is 5.25. The van der Waals surface area contributed by atoms with E-state index < -0.39 is 6.04 Å². The normalized spacial score (nSPS) is 20.2. The maximum atomic E-state index is 14.0. The Morgan fingerprint density at radius 2 is 1.84 bits per heavy atom. The van der Waals surface area contributed by atoms with Gasteiger partial charge in [0.25, 0.3) is 0 Å². The van der Waals surface area contributed by atoms with Crippen LogP contribution in [0.1, 0.15) is 63.6 Å². The summed E-state index contributed by atoms with van der Waals surface area (Å²) in [5, 5.41) is 7.09. The number of nitrogens with one attached hydrogen (secondary N) is 3. The van der Waals surface area contributed by atoms with Crippen molar-refractivity contribution in [3.8, 4) is 11.3 Å². The zero-order valence-corrected chi connectivity index (χ0v) is 21.6. The highest BCUT2D eigenvalue weighted by Gasteiger charge is 2.39. The molecule has 3 heterocycles. The van der Waals surface area contributed by atoms with E-state index in [1.807, 2.05) is 17.9 Å². The first-order valence-corrected chi connectivity index (χ1v) is 13.5. The zero-order valence-electron chi connectivity index (χ0n) is 21.6. The van der Waals surface area contributed by atoms with Crippen LogP contribution >= 0.6 is 0 Å². The number of pyridine rings is 1. The van der Waals surface area contributed by atoms with Gasteiger partial charge in [-0.15, -0.1) is 0 Å². The fraction of sp³-hybridized carbons (Fsp3) is 0.483. The van der Waals surface area contributed by atoms with Gasteiger partial charge in [0.15, 0.2) is 0 Å². The molecule has 1 aliphatic carbocycles. The summed E-state index contributed by atoms with van der Waals surface area (Å²) < 4.78 is 13.5. The molecule has 0 bridgehead atoms. The predicted molar refractivity (Wildman–Crippen MR) is 142 cm³/mol. The first kappa shape index (κ1) is 25.4. The van der Waals surface area contributed by atoms with Crippen molar-refractivity contribution in [1.82, 2.24) is 25.5 Å². The molecule has 2 amide bonds. The molecule has 37 heavy (non-hydrogen) atoms. The van der Waals surface area contributed by atoms with E-state index in [0.717, 1.165) is 66.4 Å². The van der Waals surface area contributed by atoms with Crippen LogP contribution in [0.25, 0.3) is 22.2 Å². The number of carbonyl (C=O) groups excluding carboxylic acids is 2. The number of nitrogens with zero attached hydrogens (tertiary/aromatic N) is 2. The molecule has 3 N–H and O–H groups in total. The number of hydrogen-bond acceptors (Lipinski definition) is 4. The summed E-state index contributed by atoms with van der Waals surface area (Å²) in [4.78, 5) is 36.9. The van der Waals surface area contributed by atoms with Crippen LogP contribution in [0.5, 0.6) is 0 Å². The Bertz CT molecular complexity index is 1250. The highest BCUT2D eigenvalue weighted by Crippen LogP contribution is 2.37. The van der Waals surface area contributed by atoms with Crippen LogP contribution in [0.15, 0.2) is 42.6 Å². The van der Waals surface area contributed by atoms with E-state index in [1.54, 1.807) is 25.4 Å². The zero-order chi connectivity index (χ0) is 25.9. The predicted octanol–water partition coefficient (Wildman–Crippen LogP) is 4.71. The van der Waals surface area contributed by atoms with Crippen LogP contribution in [0.2, 0.25) is 0 Å². The molecule has 3 aromatic rings. The van der Waals surface area contributed by atoms with Crippen LogP contribution in [0.3, 0.4) is 0 Å². The minimum Gasteiger partial charge on any atom is -0.355 e. The van der Waals surface area contributed by atoms with Gasteiger partial charge in [0, 0.05) is 29.4 Å².